The lowest BCUT2D eigenvalue weighted by atomic mass is 9.71. The summed E-state index contributed by atoms with van der Waals surface area (Å²) in [6.45, 7) is 8.48. The minimum atomic E-state index is 0.506. The zero-order valence-corrected chi connectivity index (χ0v) is 20.8. The molecule has 0 amide bonds. The van der Waals surface area contributed by atoms with Crippen molar-refractivity contribution in [3.8, 4) is 0 Å². The van der Waals surface area contributed by atoms with E-state index in [0.717, 1.165) is 36.0 Å². The molecule has 1 fully saturated rings. The van der Waals surface area contributed by atoms with Crippen molar-refractivity contribution < 1.29 is 0 Å². The van der Waals surface area contributed by atoms with E-state index < -0.39 is 0 Å². The predicted octanol–water partition coefficient (Wildman–Crippen LogP) is 8.65. The third-order valence-electron chi connectivity index (χ3n) is 7.20. The quantitative estimate of drug-likeness (QED) is 0.178. The van der Waals surface area contributed by atoms with E-state index in [4.69, 9.17) is 5.10 Å². The average Bonchev–Trinajstić information content (AvgIpc) is 2.87. The lowest BCUT2D eigenvalue weighted by Crippen LogP contribution is -2.26. The lowest BCUT2D eigenvalue weighted by Gasteiger charge is -2.34. The number of hydrogen-bond acceptors (Lipinski definition) is 2. The Balaban J connectivity index is 1.70. The molecule has 2 aromatic rings. The average molecular weight is 443 g/mol. The summed E-state index contributed by atoms with van der Waals surface area (Å²) in [6.07, 6.45) is 16.4. The summed E-state index contributed by atoms with van der Waals surface area (Å²) in [4.78, 5) is 0. The Morgan fingerprint density at radius 2 is 1.61 bits per heavy atom. The summed E-state index contributed by atoms with van der Waals surface area (Å²) >= 11 is 0. The second-order valence-corrected chi connectivity index (χ2v) is 9.61. The molecule has 176 valence electrons. The summed E-state index contributed by atoms with van der Waals surface area (Å²) < 4.78 is 0. The normalized spacial score (nSPS) is 19.3. The second kappa shape index (κ2) is 13.9. The minimum absolute atomic E-state index is 0.506. The molecular formula is C31H42N2. The third-order valence-corrected chi connectivity index (χ3v) is 7.20. The van der Waals surface area contributed by atoms with Crippen LogP contribution in [0.25, 0.3) is 0 Å². The molecule has 0 unspecified atom stereocenters. The maximum absolute atomic E-state index is 4.80. The first-order chi connectivity index (χ1) is 16.2. The first-order valence-corrected chi connectivity index (χ1v) is 13.1. The first-order valence-electron chi connectivity index (χ1n) is 13.1. The zero-order chi connectivity index (χ0) is 23.3. The smallest absolute Gasteiger partial charge is 0.0733 e. The largest absolute Gasteiger partial charge is 0.158 e. The van der Waals surface area contributed by atoms with Gasteiger partial charge in [0.1, 0.15) is 0 Å². The van der Waals surface area contributed by atoms with E-state index in [1.165, 1.54) is 62.5 Å². The summed E-state index contributed by atoms with van der Waals surface area (Å²) in [6, 6.07) is 19.3. The van der Waals surface area contributed by atoms with Crippen molar-refractivity contribution >= 4 is 11.9 Å². The molecule has 2 nitrogen and oxygen atoms in total. The number of aryl methyl sites for hydroxylation is 1. The zero-order valence-electron chi connectivity index (χ0n) is 20.8. The fourth-order valence-electron chi connectivity index (χ4n) is 5.40. The van der Waals surface area contributed by atoms with E-state index >= 15 is 0 Å². The van der Waals surface area contributed by atoms with Crippen LogP contribution >= 0.6 is 0 Å². The van der Waals surface area contributed by atoms with Gasteiger partial charge in [-0.3, -0.25) is 0 Å². The summed E-state index contributed by atoms with van der Waals surface area (Å²) in [5.41, 5.74) is 4.81. The van der Waals surface area contributed by atoms with Gasteiger partial charge >= 0.3 is 0 Å². The fourth-order valence-corrected chi connectivity index (χ4v) is 5.40. The van der Waals surface area contributed by atoms with E-state index in [9.17, 15) is 0 Å². The molecular weight excluding hydrogens is 400 g/mol. The van der Waals surface area contributed by atoms with E-state index in [-0.39, 0.29) is 0 Å². The Morgan fingerprint density at radius 3 is 2.21 bits per heavy atom. The fraction of sp³-hybridized carbons (Fsp3) is 0.484. The van der Waals surface area contributed by atoms with E-state index in [0.29, 0.717) is 5.92 Å². The molecule has 2 heteroatoms. The molecule has 0 radical (unpaired) electrons. The van der Waals surface area contributed by atoms with Gasteiger partial charge in [-0.25, -0.2) is 0 Å². The maximum atomic E-state index is 4.80. The van der Waals surface area contributed by atoms with Crippen molar-refractivity contribution in [1.82, 2.24) is 0 Å². The van der Waals surface area contributed by atoms with Gasteiger partial charge in [0.15, 0.2) is 0 Å². The number of hydrogen-bond donors (Lipinski definition) is 0. The molecule has 0 N–H and O–H groups in total. The van der Waals surface area contributed by atoms with Crippen LogP contribution in [0.3, 0.4) is 0 Å². The molecule has 3 rings (SSSR count). The maximum Gasteiger partial charge on any atom is 0.0733 e. The molecule has 0 aliphatic heterocycles. The number of nitrogens with zero attached hydrogens (tertiary/aromatic N) is 2. The van der Waals surface area contributed by atoms with Crippen LogP contribution in [0.15, 0.2) is 77.5 Å². The van der Waals surface area contributed by atoms with Crippen LogP contribution in [0.5, 0.6) is 0 Å². The SMILES string of the molecule is C=CCCc1ccc(C=NN=C(c2ccccc2)C2CCC(C(CCC)CCC)CC2)cc1. The second-order valence-electron chi connectivity index (χ2n) is 9.61. The van der Waals surface area contributed by atoms with Crippen LogP contribution in [-0.2, 0) is 6.42 Å². The van der Waals surface area contributed by atoms with Crippen molar-refractivity contribution in [2.24, 2.45) is 28.0 Å². The highest BCUT2D eigenvalue weighted by molar-refractivity contribution is 6.02. The Bertz CT molecular complexity index is 865. The molecule has 0 atom stereocenters. The highest BCUT2D eigenvalue weighted by Crippen LogP contribution is 2.38. The van der Waals surface area contributed by atoms with Crippen molar-refractivity contribution in [1.29, 1.82) is 0 Å². The minimum Gasteiger partial charge on any atom is -0.158 e. The van der Waals surface area contributed by atoms with Crippen molar-refractivity contribution in [3.63, 3.8) is 0 Å². The molecule has 2 aromatic carbocycles. The Labute approximate surface area is 201 Å². The highest BCUT2D eigenvalue weighted by atomic mass is 15.2. The molecule has 0 saturated heterocycles. The van der Waals surface area contributed by atoms with Gasteiger partial charge in [0, 0.05) is 5.92 Å². The van der Waals surface area contributed by atoms with Crippen LogP contribution in [-0.4, -0.2) is 11.9 Å². The van der Waals surface area contributed by atoms with Crippen LogP contribution in [0.2, 0.25) is 0 Å². The highest BCUT2D eigenvalue weighted by Gasteiger charge is 2.29. The lowest BCUT2D eigenvalue weighted by molar-refractivity contribution is 0.206. The van der Waals surface area contributed by atoms with Gasteiger partial charge in [0.05, 0.1) is 11.9 Å². The molecule has 1 aliphatic carbocycles. The first kappa shape index (κ1) is 25.1. The van der Waals surface area contributed by atoms with E-state index in [1.54, 1.807) is 0 Å². The molecule has 1 aliphatic rings. The van der Waals surface area contributed by atoms with Gasteiger partial charge in [-0.15, -0.1) is 6.58 Å². The molecule has 0 aromatic heterocycles. The number of allylic oxidation sites excluding steroid dienone is 1. The summed E-state index contributed by atoms with van der Waals surface area (Å²) in [5, 5.41) is 9.35. The summed E-state index contributed by atoms with van der Waals surface area (Å²) in [7, 11) is 0. The van der Waals surface area contributed by atoms with E-state index in [2.05, 4.69) is 80.1 Å². The van der Waals surface area contributed by atoms with Gasteiger partial charge in [-0.05, 0) is 67.1 Å². The van der Waals surface area contributed by atoms with Crippen molar-refractivity contribution in [2.75, 3.05) is 0 Å². The Kier molecular flexibility index (Phi) is 10.6. The molecule has 0 heterocycles. The molecule has 33 heavy (non-hydrogen) atoms. The van der Waals surface area contributed by atoms with Crippen LogP contribution in [0, 0.1) is 17.8 Å². The number of benzene rings is 2. The van der Waals surface area contributed by atoms with Gasteiger partial charge < -0.3 is 0 Å². The van der Waals surface area contributed by atoms with Gasteiger partial charge in [-0.1, -0.05) is 100 Å². The van der Waals surface area contributed by atoms with E-state index in [1.807, 2.05) is 12.3 Å². The molecule has 0 bridgehead atoms. The van der Waals surface area contributed by atoms with Crippen LogP contribution < -0.4 is 0 Å². The van der Waals surface area contributed by atoms with Gasteiger partial charge in [-0.2, -0.15) is 10.2 Å². The Morgan fingerprint density at radius 1 is 0.939 bits per heavy atom. The Hall–Kier alpha value is -2.48. The number of rotatable bonds is 12. The summed E-state index contributed by atoms with van der Waals surface area (Å²) in [5.74, 6) is 2.30. The van der Waals surface area contributed by atoms with Crippen molar-refractivity contribution in [2.45, 2.75) is 78.1 Å². The van der Waals surface area contributed by atoms with Gasteiger partial charge in [0.25, 0.3) is 0 Å². The van der Waals surface area contributed by atoms with Crippen LogP contribution in [0.4, 0.5) is 0 Å². The molecule has 0 spiro atoms. The molecule has 1 saturated carbocycles. The van der Waals surface area contributed by atoms with Gasteiger partial charge in [0.2, 0.25) is 0 Å². The van der Waals surface area contributed by atoms with Crippen LogP contribution in [0.1, 0.15) is 88.3 Å². The monoisotopic (exact) mass is 442 g/mol. The standard InChI is InChI=1S/C31H42N2/c1-4-7-13-25-16-18-26(19-17-25)24-32-33-31(29-14-9-8-10-15-29)30-22-20-28(21-23-30)27(11-5-2)12-6-3/h4,8-10,14-19,24,27-28,30H,1,5-7,11-13,20-23H2,2-3H3. The predicted molar refractivity (Wildman–Crippen MR) is 144 cm³/mol. The topological polar surface area (TPSA) is 24.7 Å². The third kappa shape index (κ3) is 7.81. The van der Waals surface area contributed by atoms with Crippen molar-refractivity contribution in [3.05, 3.63) is 83.9 Å².